The minimum absolute atomic E-state index is 0.00607. The molecular weight excluding hydrogens is 796 g/mol. The number of allylic oxidation sites excluding steroid dienone is 1. The lowest BCUT2D eigenvalue weighted by molar-refractivity contribution is -0.243. The van der Waals surface area contributed by atoms with Crippen molar-refractivity contribution in [3.05, 3.63) is 54.4 Å². The zero-order valence-corrected chi connectivity index (χ0v) is 34.8. The normalized spacial score (nSPS) is 28.1. The van der Waals surface area contributed by atoms with Gasteiger partial charge in [0.05, 0.1) is 24.1 Å². The second kappa shape index (κ2) is 16.3. The number of ether oxygens (including phenoxy) is 3. The van der Waals surface area contributed by atoms with E-state index >= 15 is 0 Å². The van der Waals surface area contributed by atoms with Crippen molar-refractivity contribution in [1.82, 2.24) is 25.2 Å². The average molecular weight is 848 g/mol. The predicted molar refractivity (Wildman–Crippen MR) is 210 cm³/mol. The van der Waals surface area contributed by atoms with E-state index in [-0.39, 0.29) is 36.8 Å². The van der Waals surface area contributed by atoms with Crippen LogP contribution >= 0.6 is 0 Å². The second-order valence-electron chi connectivity index (χ2n) is 16.8. The number of benzene rings is 1. The van der Waals surface area contributed by atoms with Crippen LogP contribution in [0.3, 0.4) is 0 Å². The highest BCUT2D eigenvalue weighted by Crippen LogP contribution is 2.48. The third-order valence-corrected chi connectivity index (χ3v) is 14.0. The van der Waals surface area contributed by atoms with Crippen molar-refractivity contribution in [2.75, 3.05) is 13.2 Å². The number of sulfonamides is 1. The van der Waals surface area contributed by atoms with Crippen molar-refractivity contribution in [2.45, 2.75) is 121 Å². The van der Waals surface area contributed by atoms with Crippen LogP contribution in [0, 0.1) is 17.8 Å². The predicted octanol–water partition coefficient (Wildman–Crippen LogP) is 5.82. The molecule has 2 aliphatic carbocycles. The number of carbonyl (C=O) groups excluding carboxylic acids is 4. The first-order valence-corrected chi connectivity index (χ1v) is 21.4. The van der Waals surface area contributed by atoms with Crippen LogP contribution in [0.2, 0.25) is 0 Å². The van der Waals surface area contributed by atoms with E-state index in [2.05, 4.69) is 25.1 Å². The maximum atomic E-state index is 14.7. The molecule has 1 aromatic heterocycles. The van der Waals surface area contributed by atoms with Gasteiger partial charge in [-0.25, -0.2) is 18.2 Å². The zero-order valence-electron chi connectivity index (χ0n) is 34.0. The van der Waals surface area contributed by atoms with Crippen molar-refractivity contribution in [3.63, 3.8) is 0 Å². The standard InChI is InChI=1S/C41H52F3N5O9S/c1-7-56-32-22-45-34(29-14-9-8-13-28(29)32)57-27-19-31-33(50)47-40(36(52)48-59(54,55)39(6)17-18-39)20-26(40)16-15-24(2)11-10-12-25(3)30(35(51)49(31)23-27)21-46-37(53)58-38(4,5)41(42,43)44/h8-9,13-16,21-22,24-27,31H,7,10-12,17-20,23H2,1-6H3,(H,46,53)(H,47,50)(H,48,52). The number of alkyl carbamates (subject to hydrolysis) is 1. The van der Waals surface area contributed by atoms with Gasteiger partial charge in [-0.3, -0.25) is 24.4 Å². The Morgan fingerprint density at radius 1 is 1.08 bits per heavy atom. The van der Waals surface area contributed by atoms with Gasteiger partial charge in [-0.1, -0.05) is 50.6 Å². The Morgan fingerprint density at radius 3 is 2.44 bits per heavy atom. The first kappa shape index (κ1) is 43.7. The van der Waals surface area contributed by atoms with Gasteiger partial charge in [0.1, 0.15) is 23.4 Å². The van der Waals surface area contributed by atoms with Crippen molar-refractivity contribution < 1.29 is 55.0 Å². The fourth-order valence-corrected chi connectivity index (χ4v) is 8.75. The van der Waals surface area contributed by atoms with Crippen LogP contribution in [0.15, 0.2) is 54.4 Å². The average Bonchev–Trinajstić information content (AvgIpc) is 4.04. The molecule has 6 atom stereocenters. The minimum atomic E-state index is -4.88. The first-order valence-electron chi connectivity index (χ1n) is 19.9. The molecule has 0 radical (unpaired) electrons. The van der Waals surface area contributed by atoms with Gasteiger partial charge in [0, 0.05) is 34.9 Å². The highest BCUT2D eigenvalue weighted by Gasteiger charge is 2.63. The molecule has 2 aliphatic heterocycles. The third-order valence-electron chi connectivity index (χ3n) is 11.8. The second-order valence-corrected chi connectivity index (χ2v) is 19.0. The van der Waals surface area contributed by atoms with Crippen LogP contribution in [-0.4, -0.2) is 89.5 Å². The van der Waals surface area contributed by atoms with Crippen LogP contribution < -0.4 is 24.8 Å². The summed E-state index contributed by atoms with van der Waals surface area (Å²) in [6.45, 7) is 8.70. The van der Waals surface area contributed by atoms with Gasteiger partial charge >= 0.3 is 12.3 Å². The van der Waals surface area contributed by atoms with E-state index in [0.717, 1.165) is 11.6 Å². The molecule has 4 aliphatic rings. The number of aromatic nitrogens is 1. The lowest BCUT2D eigenvalue weighted by Gasteiger charge is -2.29. The van der Waals surface area contributed by atoms with Gasteiger partial charge in [-0.2, -0.15) is 13.2 Å². The molecule has 18 heteroatoms. The molecule has 4 amide bonds. The molecule has 0 bridgehead atoms. The smallest absolute Gasteiger partial charge is 0.427 e. The Bertz CT molecular complexity index is 2160. The Morgan fingerprint density at radius 2 is 1.78 bits per heavy atom. The molecule has 322 valence electrons. The zero-order chi connectivity index (χ0) is 43.1. The molecule has 0 spiro atoms. The number of carbonyl (C=O) groups is 4. The van der Waals surface area contributed by atoms with E-state index in [0.29, 0.717) is 63.7 Å². The molecule has 1 aromatic carbocycles. The molecule has 6 unspecified atom stereocenters. The number of hydrogen-bond donors (Lipinski definition) is 3. The highest BCUT2D eigenvalue weighted by atomic mass is 32.2. The van der Waals surface area contributed by atoms with E-state index in [4.69, 9.17) is 9.47 Å². The molecule has 59 heavy (non-hydrogen) atoms. The van der Waals surface area contributed by atoms with Crippen molar-refractivity contribution in [3.8, 4) is 11.6 Å². The third kappa shape index (κ3) is 9.16. The largest absolute Gasteiger partial charge is 0.492 e. The van der Waals surface area contributed by atoms with E-state index in [9.17, 15) is 40.8 Å². The number of hydrogen-bond acceptors (Lipinski definition) is 10. The maximum Gasteiger partial charge on any atom is 0.427 e. The van der Waals surface area contributed by atoms with E-state index in [1.807, 2.05) is 38.1 Å². The summed E-state index contributed by atoms with van der Waals surface area (Å²) in [7, 11) is -4.07. The number of alkyl halides is 3. The molecule has 1 saturated heterocycles. The van der Waals surface area contributed by atoms with Gasteiger partial charge in [-0.15, -0.1) is 0 Å². The van der Waals surface area contributed by atoms with Crippen LogP contribution in [0.1, 0.15) is 86.5 Å². The molecule has 6 rings (SSSR count). The van der Waals surface area contributed by atoms with Crippen molar-refractivity contribution in [2.24, 2.45) is 17.8 Å². The van der Waals surface area contributed by atoms with Gasteiger partial charge in [0.25, 0.3) is 11.8 Å². The van der Waals surface area contributed by atoms with E-state index in [1.54, 1.807) is 26.0 Å². The summed E-state index contributed by atoms with van der Waals surface area (Å²) in [5.41, 5.74) is -4.47. The maximum absolute atomic E-state index is 14.7. The van der Waals surface area contributed by atoms with Crippen LogP contribution in [0.5, 0.6) is 11.6 Å². The summed E-state index contributed by atoms with van der Waals surface area (Å²) in [6, 6.07) is 5.98. The number of rotatable bonds is 9. The molecular formula is C41H52F3N5O9S. The number of amides is 4. The topological polar surface area (TPSA) is 182 Å². The number of pyridine rings is 1. The number of fused-ring (bicyclic) bond motifs is 3. The monoisotopic (exact) mass is 847 g/mol. The highest BCUT2D eigenvalue weighted by molar-refractivity contribution is 7.91. The lowest BCUT2D eigenvalue weighted by Crippen LogP contribution is -2.57. The van der Waals surface area contributed by atoms with E-state index < -0.39 is 79.9 Å². The minimum Gasteiger partial charge on any atom is -0.492 e. The fourth-order valence-electron chi connectivity index (χ4n) is 7.44. The SMILES string of the molecule is CCOc1cnc(OC2CC3C(=O)NC4(C(=O)NS(=O)(=O)C5(C)CC5)CC4C=CC(C)CCCC(C)C(=CNC(=O)OC(C)(C)C(F)(F)F)C(=O)N3C2)c2ccccc12. The van der Waals surface area contributed by atoms with Gasteiger partial charge in [0.15, 0.2) is 0 Å². The summed E-state index contributed by atoms with van der Waals surface area (Å²) in [5.74, 6) is -2.69. The van der Waals surface area contributed by atoms with E-state index in [1.165, 1.54) is 11.1 Å². The summed E-state index contributed by atoms with van der Waals surface area (Å²) < 4.78 is 85.0. The molecule has 2 saturated carbocycles. The van der Waals surface area contributed by atoms with Gasteiger partial charge in [-0.05, 0) is 77.7 Å². The Balaban J connectivity index is 1.36. The first-order chi connectivity index (χ1) is 27.6. The quantitative estimate of drug-likeness (QED) is 0.206. The van der Waals surface area contributed by atoms with Gasteiger partial charge in [0.2, 0.25) is 27.4 Å². The number of halogens is 3. The summed E-state index contributed by atoms with van der Waals surface area (Å²) in [4.78, 5) is 61.7. The Labute approximate surface area is 341 Å². The summed E-state index contributed by atoms with van der Waals surface area (Å²) in [6.07, 6.45) is 1.58. The van der Waals surface area contributed by atoms with Crippen LogP contribution in [0.25, 0.3) is 10.8 Å². The molecule has 3 heterocycles. The lowest BCUT2D eigenvalue weighted by atomic mass is 9.92. The summed E-state index contributed by atoms with van der Waals surface area (Å²) in [5, 5.41) is 6.36. The molecule has 14 nitrogen and oxygen atoms in total. The van der Waals surface area contributed by atoms with Crippen LogP contribution in [0.4, 0.5) is 18.0 Å². The molecule has 3 N–H and O–H groups in total. The molecule has 2 aromatic rings. The molecule has 3 fully saturated rings. The van der Waals surface area contributed by atoms with Crippen molar-refractivity contribution in [1.29, 1.82) is 0 Å². The van der Waals surface area contributed by atoms with Crippen LogP contribution in [-0.2, 0) is 29.1 Å². The summed E-state index contributed by atoms with van der Waals surface area (Å²) >= 11 is 0. The Hall–Kier alpha value is -4.87. The van der Waals surface area contributed by atoms with Crippen molar-refractivity contribution >= 4 is 44.6 Å². The number of nitrogens with one attached hydrogen (secondary N) is 3. The fraction of sp³-hybridized carbons (Fsp3) is 0.585. The van der Waals surface area contributed by atoms with Gasteiger partial charge < -0.3 is 24.4 Å². The number of nitrogens with zero attached hydrogens (tertiary/aromatic N) is 2. The Kier molecular flexibility index (Phi) is 12.1.